The predicted octanol–water partition coefficient (Wildman–Crippen LogP) is 1.95. The molecule has 2 aliphatic rings. The summed E-state index contributed by atoms with van der Waals surface area (Å²) in [6, 6.07) is 1.26. The van der Waals surface area contributed by atoms with Crippen LogP contribution >= 0.6 is 0 Å². The largest absolute Gasteiger partial charge is 0.477 e. The van der Waals surface area contributed by atoms with Gasteiger partial charge in [-0.25, -0.2) is 14.2 Å². The molecular weight excluding hydrogens is 313 g/mol. The summed E-state index contributed by atoms with van der Waals surface area (Å²) < 4.78 is 16.3. The molecule has 0 atom stereocenters. The molecule has 1 aliphatic carbocycles. The minimum absolute atomic E-state index is 0.0255. The number of hydrogen-bond acceptors (Lipinski definition) is 4. The van der Waals surface area contributed by atoms with Crippen molar-refractivity contribution in [3.8, 4) is 0 Å². The number of aromatic carboxylic acids is 1. The number of hydrogen-bond donors (Lipinski definition) is 2. The highest BCUT2D eigenvalue weighted by Crippen LogP contribution is 2.37. The van der Waals surface area contributed by atoms with E-state index < -0.39 is 17.2 Å². The van der Waals surface area contributed by atoms with Gasteiger partial charge < -0.3 is 15.0 Å². The Hall–Kier alpha value is -2.54. The molecule has 2 N–H and O–H groups in total. The summed E-state index contributed by atoms with van der Waals surface area (Å²) in [5.74, 6) is -1.89. The van der Waals surface area contributed by atoms with Gasteiger partial charge in [-0.05, 0) is 37.4 Å². The zero-order chi connectivity index (χ0) is 16.8. The van der Waals surface area contributed by atoms with E-state index >= 15 is 0 Å². The molecule has 2 aromatic rings. The normalized spacial score (nSPS) is 17.8. The van der Waals surface area contributed by atoms with Crippen LogP contribution in [0.3, 0.4) is 0 Å². The monoisotopic (exact) mass is 329 g/mol. The lowest BCUT2D eigenvalue weighted by molar-refractivity contribution is 0.0695. The van der Waals surface area contributed by atoms with Crippen molar-refractivity contribution in [2.24, 2.45) is 0 Å². The fourth-order valence-electron chi connectivity index (χ4n) is 3.09. The fraction of sp³-hybridized carbons (Fsp3) is 0.353. The van der Waals surface area contributed by atoms with Crippen molar-refractivity contribution in [1.82, 2.24) is 14.9 Å². The lowest BCUT2D eigenvalue weighted by Gasteiger charge is -2.16. The molecule has 2 aromatic heterocycles. The Kier molecular flexibility index (Phi) is 3.45. The molecule has 0 amide bonds. The first-order valence-corrected chi connectivity index (χ1v) is 7.95. The molecule has 0 spiro atoms. The number of aromatic nitrogens is 2. The predicted molar refractivity (Wildman–Crippen MR) is 86.7 cm³/mol. The quantitative estimate of drug-likeness (QED) is 0.899. The second kappa shape index (κ2) is 5.52. The summed E-state index contributed by atoms with van der Waals surface area (Å²) in [5, 5.41) is 12.4. The first-order chi connectivity index (χ1) is 11.6. The molecule has 124 valence electrons. The van der Waals surface area contributed by atoms with Gasteiger partial charge in [0.25, 0.3) is 0 Å². The van der Waals surface area contributed by atoms with Gasteiger partial charge in [-0.2, -0.15) is 0 Å². The second-order valence-corrected chi connectivity index (χ2v) is 6.19. The van der Waals surface area contributed by atoms with Gasteiger partial charge in [-0.15, -0.1) is 0 Å². The molecule has 4 rings (SSSR count). The Morgan fingerprint density at radius 1 is 1.42 bits per heavy atom. The molecular formula is C17H16FN3O3. The molecule has 0 bridgehead atoms. The summed E-state index contributed by atoms with van der Waals surface area (Å²) in [4.78, 5) is 28.1. The van der Waals surface area contributed by atoms with Crippen LogP contribution in [0.2, 0.25) is 0 Å². The molecule has 0 radical (unpaired) electrons. The summed E-state index contributed by atoms with van der Waals surface area (Å²) in [6.07, 6.45) is 5.70. The smallest absolute Gasteiger partial charge is 0.341 e. The average Bonchev–Trinajstić information content (AvgIpc) is 3.40. The minimum atomic E-state index is -1.30. The highest BCUT2D eigenvalue weighted by atomic mass is 19.1. The van der Waals surface area contributed by atoms with E-state index in [9.17, 15) is 19.1 Å². The molecule has 1 fully saturated rings. The number of halogens is 1. The highest BCUT2D eigenvalue weighted by molar-refractivity contribution is 5.92. The molecule has 0 aromatic carbocycles. The van der Waals surface area contributed by atoms with Crippen LogP contribution < -0.4 is 10.7 Å². The maximum absolute atomic E-state index is 14.5. The van der Waals surface area contributed by atoms with Gasteiger partial charge in [-0.3, -0.25) is 4.79 Å². The van der Waals surface area contributed by atoms with Crippen molar-refractivity contribution < 1.29 is 14.3 Å². The van der Waals surface area contributed by atoms with Crippen molar-refractivity contribution >= 4 is 22.6 Å². The van der Waals surface area contributed by atoms with Gasteiger partial charge in [-0.1, -0.05) is 6.08 Å². The maximum atomic E-state index is 14.5. The van der Waals surface area contributed by atoms with Crippen LogP contribution in [0.25, 0.3) is 16.6 Å². The van der Waals surface area contributed by atoms with Crippen LogP contribution in [0, 0.1) is 5.82 Å². The van der Waals surface area contributed by atoms with E-state index in [0.717, 1.165) is 31.0 Å². The third-order valence-corrected chi connectivity index (χ3v) is 4.50. The first-order valence-electron chi connectivity index (χ1n) is 7.95. The number of carboxylic acids is 1. The van der Waals surface area contributed by atoms with Gasteiger partial charge in [0.2, 0.25) is 5.43 Å². The van der Waals surface area contributed by atoms with Gasteiger partial charge in [0, 0.05) is 18.8 Å². The van der Waals surface area contributed by atoms with E-state index in [2.05, 4.69) is 10.3 Å². The van der Waals surface area contributed by atoms with Crippen LogP contribution in [0.4, 0.5) is 4.39 Å². The molecule has 7 heteroatoms. The van der Waals surface area contributed by atoms with Crippen molar-refractivity contribution in [2.45, 2.75) is 25.3 Å². The number of pyridine rings is 2. The van der Waals surface area contributed by atoms with Crippen molar-refractivity contribution in [3.05, 3.63) is 45.6 Å². The molecule has 24 heavy (non-hydrogen) atoms. The first kappa shape index (κ1) is 15.0. The molecule has 1 saturated carbocycles. The molecule has 0 unspecified atom stereocenters. The Morgan fingerprint density at radius 3 is 2.83 bits per heavy atom. The lowest BCUT2D eigenvalue weighted by atomic mass is 10.0. The third kappa shape index (κ3) is 2.41. The summed E-state index contributed by atoms with van der Waals surface area (Å²) in [7, 11) is 0. The standard InChI is InChI=1S/C17H16FN3O3/c18-13-7-11-15(22)12(17(23)24)8-21(10-1-2-10)16(11)20-14(13)9-3-5-19-6-4-9/h3,7-8,10,19H,1-2,4-6H2,(H,23,24). The Bertz CT molecular complexity index is 944. The number of nitrogens with one attached hydrogen (secondary N) is 1. The average molecular weight is 329 g/mol. The van der Waals surface area contributed by atoms with E-state index in [1.807, 2.05) is 6.08 Å². The van der Waals surface area contributed by atoms with Crippen molar-refractivity contribution in [3.63, 3.8) is 0 Å². The van der Waals surface area contributed by atoms with Crippen molar-refractivity contribution in [2.75, 3.05) is 13.1 Å². The summed E-state index contributed by atoms with van der Waals surface area (Å²) in [6.45, 7) is 1.40. The van der Waals surface area contributed by atoms with Gasteiger partial charge in [0.05, 0.1) is 5.39 Å². The Labute approximate surface area is 136 Å². The number of nitrogens with zero attached hydrogens (tertiary/aromatic N) is 2. The number of fused-ring (bicyclic) bond motifs is 1. The van der Waals surface area contributed by atoms with Gasteiger partial charge in [0.1, 0.15) is 22.7 Å². The van der Waals surface area contributed by atoms with E-state index in [0.29, 0.717) is 18.6 Å². The molecule has 0 saturated heterocycles. The fourth-order valence-corrected chi connectivity index (χ4v) is 3.09. The Morgan fingerprint density at radius 2 is 2.21 bits per heavy atom. The SMILES string of the molecule is O=C(O)c1cn(C2CC2)c2nc(C3=CCNCC3)c(F)cc2c1=O. The van der Waals surface area contributed by atoms with Gasteiger partial charge in [0.15, 0.2) is 0 Å². The van der Waals surface area contributed by atoms with E-state index in [1.54, 1.807) is 4.57 Å². The maximum Gasteiger partial charge on any atom is 0.341 e. The van der Waals surface area contributed by atoms with Crippen LogP contribution in [0.5, 0.6) is 0 Å². The minimum Gasteiger partial charge on any atom is -0.477 e. The topological polar surface area (TPSA) is 84.2 Å². The van der Waals surface area contributed by atoms with Crippen LogP contribution in [0.1, 0.15) is 41.4 Å². The van der Waals surface area contributed by atoms with E-state index in [-0.39, 0.29) is 22.7 Å². The third-order valence-electron chi connectivity index (χ3n) is 4.50. The zero-order valence-corrected chi connectivity index (χ0v) is 12.9. The number of carboxylic acid groups (broad SMARTS) is 1. The molecule has 6 nitrogen and oxygen atoms in total. The van der Waals surface area contributed by atoms with Crippen molar-refractivity contribution in [1.29, 1.82) is 0 Å². The molecule has 3 heterocycles. The van der Waals surface area contributed by atoms with Crippen LogP contribution in [-0.2, 0) is 0 Å². The highest BCUT2D eigenvalue weighted by Gasteiger charge is 2.28. The van der Waals surface area contributed by atoms with Crippen LogP contribution in [0.15, 0.2) is 23.1 Å². The van der Waals surface area contributed by atoms with Gasteiger partial charge >= 0.3 is 5.97 Å². The Balaban J connectivity index is 2.00. The number of carbonyl (C=O) groups is 1. The van der Waals surface area contributed by atoms with E-state index in [4.69, 9.17) is 0 Å². The second-order valence-electron chi connectivity index (χ2n) is 6.19. The zero-order valence-electron chi connectivity index (χ0n) is 12.9. The lowest BCUT2D eigenvalue weighted by Crippen LogP contribution is -2.22. The molecule has 1 aliphatic heterocycles. The summed E-state index contributed by atoms with van der Waals surface area (Å²) in [5.41, 5.74) is 0.394. The number of rotatable bonds is 3. The van der Waals surface area contributed by atoms with Crippen LogP contribution in [-0.4, -0.2) is 33.7 Å². The van der Waals surface area contributed by atoms with E-state index in [1.165, 1.54) is 6.20 Å². The summed E-state index contributed by atoms with van der Waals surface area (Å²) >= 11 is 0.